The van der Waals surface area contributed by atoms with Crippen LogP contribution in [0.2, 0.25) is 0 Å². The van der Waals surface area contributed by atoms with Gasteiger partial charge in [-0.3, -0.25) is 4.79 Å². The highest BCUT2D eigenvalue weighted by Gasteiger charge is 2.03. The molecule has 0 rings (SSSR count). The van der Waals surface area contributed by atoms with Crippen LogP contribution in [-0.2, 0) is 4.79 Å². The van der Waals surface area contributed by atoms with E-state index in [1.165, 1.54) is 0 Å². The van der Waals surface area contributed by atoms with E-state index in [1.807, 2.05) is 0 Å². The normalized spacial score (nSPS) is 13.0. The van der Waals surface area contributed by atoms with Gasteiger partial charge in [0.25, 0.3) is 5.24 Å². The van der Waals surface area contributed by atoms with Gasteiger partial charge in [-0.2, -0.15) is 0 Å². The van der Waals surface area contributed by atoms with Gasteiger partial charge in [0.05, 0.1) is 5.83 Å². The van der Waals surface area contributed by atoms with Gasteiger partial charge >= 0.3 is 0 Å². The molecule has 0 radical (unpaired) electrons. The van der Waals surface area contributed by atoms with Crippen LogP contribution in [0, 0.1) is 0 Å². The third-order valence-corrected chi connectivity index (χ3v) is 1.11. The van der Waals surface area contributed by atoms with Gasteiger partial charge < -0.3 is 0 Å². The number of rotatable bonds is 3. The zero-order chi connectivity index (χ0) is 9.72. The molecule has 12 heavy (non-hydrogen) atoms. The number of halogens is 3. The van der Waals surface area contributed by atoms with E-state index in [0.717, 1.165) is 19.1 Å². The van der Waals surface area contributed by atoms with Crippen molar-refractivity contribution in [1.82, 2.24) is 0 Å². The number of hydrogen-bond donors (Lipinski definition) is 0. The SMILES string of the molecule is C=C(F)/C=C(\C=C(/C)F)C(=O)Cl. The van der Waals surface area contributed by atoms with Crippen molar-refractivity contribution in [2.24, 2.45) is 0 Å². The lowest BCUT2D eigenvalue weighted by molar-refractivity contribution is -0.108. The maximum absolute atomic E-state index is 12.2. The van der Waals surface area contributed by atoms with Crippen molar-refractivity contribution in [3.8, 4) is 0 Å². The number of carbonyl (C=O) groups excluding carboxylic acids is 1. The molecule has 0 atom stereocenters. The minimum Gasteiger partial charge on any atom is -0.276 e. The molecule has 66 valence electrons. The molecule has 0 saturated heterocycles. The van der Waals surface area contributed by atoms with Gasteiger partial charge in [0.1, 0.15) is 5.83 Å². The predicted molar refractivity (Wildman–Crippen MR) is 44.1 cm³/mol. The van der Waals surface area contributed by atoms with Crippen LogP contribution in [0.15, 0.2) is 36.0 Å². The van der Waals surface area contributed by atoms with E-state index in [0.29, 0.717) is 0 Å². The average molecular weight is 193 g/mol. The third-order valence-electron chi connectivity index (χ3n) is 0.893. The summed E-state index contributed by atoms with van der Waals surface area (Å²) in [6.45, 7) is 4.00. The number of carbonyl (C=O) groups is 1. The van der Waals surface area contributed by atoms with E-state index in [4.69, 9.17) is 11.6 Å². The first-order valence-corrected chi connectivity index (χ1v) is 3.41. The number of allylic oxidation sites excluding steroid dienone is 5. The first kappa shape index (κ1) is 11.0. The monoisotopic (exact) mass is 192 g/mol. The maximum Gasteiger partial charge on any atom is 0.252 e. The molecule has 0 fully saturated rings. The highest BCUT2D eigenvalue weighted by molar-refractivity contribution is 6.68. The standard InChI is InChI=1S/C8H7ClF2O/c1-5(10)3-7(8(9)12)4-6(2)11/h3-4H,1H2,2H3/b6-4+,7-3+. The molecule has 0 aromatic heterocycles. The molecule has 0 aromatic rings. The summed E-state index contributed by atoms with van der Waals surface area (Å²) in [5.74, 6) is -1.48. The molecule has 0 aromatic carbocycles. The van der Waals surface area contributed by atoms with Crippen LogP contribution in [0.1, 0.15) is 6.92 Å². The van der Waals surface area contributed by atoms with Crippen molar-refractivity contribution in [1.29, 1.82) is 0 Å². The Morgan fingerprint density at radius 1 is 1.42 bits per heavy atom. The number of hydrogen-bond acceptors (Lipinski definition) is 1. The Hall–Kier alpha value is -0.960. The Morgan fingerprint density at radius 3 is 2.17 bits per heavy atom. The minimum absolute atomic E-state index is 0.260. The first-order chi connectivity index (χ1) is 5.43. The molecule has 0 saturated carbocycles. The first-order valence-electron chi connectivity index (χ1n) is 3.03. The van der Waals surface area contributed by atoms with Crippen LogP contribution in [0.25, 0.3) is 0 Å². The van der Waals surface area contributed by atoms with Crippen LogP contribution in [0.3, 0.4) is 0 Å². The van der Waals surface area contributed by atoms with E-state index in [9.17, 15) is 13.6 Å². The second kappa shape index (κ2) is 4.83. The van der Waals surface area contributed by atoms with Crippen LogP contribution in [0.4, 0.5) is 8.78 Å². The maximum atomic E-state index is 12.2. The molecular weight excluding hydrogens is 186 g/mol. The summed E-state index contributed by atoms with van der Waals surface area (Å²) in [5, 5.41) is -0.925. The van der Waals surface area contributed by atoms with Gasteiger partial charge in [-0.15, -0.1) is 0 Å². The second-order valence-corrected chi connectivity index (χ2v) is 2.39. The van der Waals surface area contributed by atoms with Gasteiger partial charge in [-0.05, 0) is 30.7 Å². The Balaban J connectivity index is 4.81. The predicted octanol–water partition coefficient (Wildman–Crippen LogP) is 3.03. The molecule has 0 amide bonds. The summed E-state index contributed by atoms with van der Waals surface area (Å²) in [6, 6.07) is 0. The van der Waals surface area contributed by atoms with Crippen molar-refractivity contribution in [2.45, 2.75) is 6.92 Å². The minimum atomic E-state index is -0.925. The molecule has 0 heterocycles. The van der Waals surface area contributed by atoms with Crippen molar-refractivity contribution in [2.75, 3.05) is 0 Å². The topological polar surface area (TPSA) is 17.1 Å². The fraction of sp³-hybridized carbons (Fsp3) is 0.125. The molecular formula is C8H7ClF2O. The lowest BCUT2D eigenvalue weighted by atomic mass is 10.2. The summed E-state index contributed by atoms with van der Waals surface area (Å²) >= 11 is 5.01. The lowest BCUT2D eigenvalue weighted by Crippen LogP contribution is -1.90. The summed E-state index contributed by atoms with van der Waals surface area (Å²) in [5.41, 5.74) is -0.260. The highest BCUT2D eigenvalue weighted by Crippen LogP contribution is 2.10. The molecule has 0 bridgehead atoms. The summed E-state index contributed by atoms with van der Waals surface area (Å²) in [6.07, 6.45) is 1.60. The van der Waals surface area contributed by atoms with E-state index in [1.54, 1.807) is 0 Å². The average Bonchev–Trinajstić information content (AvgIpc) is 1.83. The van der Waals surface area contributed by atoms with Crippen molar-refractivity contribution >= 4 is 16.8 Å². The largest absolute Gasteiger partial charge is 0.276 e. The molecule has 0 spiro atoms. The molecule has 4 heteroatoms. The summed E-state index contributed by atoms with van der Waals surface area (Å²) in [7, 11) is 0. The third kappa shape index (κ3) is 4.79. The van der Waals surface area contributed by atoms with Gasteiger partial charge in [0, 0.05) is 5.57 Å². The van der Waals surface area contributed by atoms with E-state index in [2.05, 4.69) is 6.58 Å². The van der Waals surface area contributed by atoms with Crippen molar-refractivity contribution in [3.05, 3.63) is 36.0 Å². The quantitative estimate of drug-likeness (QED) is 0.382. The molecule has 0 N–H and O–H groups in total. The molecule has 0 aliphatic rings. The van der Waals surface area contributed by atoms with E-state index >= 15 is 0 Å². The van der Waals surface area contributed by atoms with E-state index < -0.39 is 16.9 Å². The van der Waals surface area contributed by atoms with Gasteiger partial charge in [-0.25, -0.2) is 8.78 Å². The fourth-order valence-corrected chi connectivity index (χ4v) is 0.647. The molecule has 0 aliphatic heterocycles. The van der Waals surface area contributed by atoms with Gasteiger partial charge in [0.2, 0.25) is 0 Å². The molecule has 0 unspecified atom stereocenters. The van der Waals surface area contributed by atoms with Gasteiger partial charge in [0.15, 0.2) is 0 Å². The van der Waals surface area contributed by atoms with E-state index in [-0.39, 0.29) is 5.57 Å². The van der Waals surface area contributed by atoms with Crippen LogP contribution >= 0.6 is 11.6 Å². The summed E-state index contributed by atoms with van der Waals surface area (Å²) < 4.78 is 24.3. The Kier molecular flexibility index (Phi) is 4.44. The van der Waals surface area contributed by atoms with Crippen LogP contribution < -0.4 is 0 Å². The van der Waals surface area contributed by atoms with Crippen molar-refractivity contribution in [3.63, 3.8) is 0 Å². The zero-order valence-electron chi connectivity index (χ0n) is 6.40. The molecule has 0 aliphatic carbocycles. The Bertz CT molecular complexity index is 262. The summed E-state index contributed by atoms with van der Waals surface area (Å²) in [4.78, 5) is 10.5. The second-order valence-electron chi connectivity index (χ2n) is 2.05. The Labute approximate surface area is 74.0 Å². The van der Waals surface area contributed by atoms with Crippen LogP contribution in [0.5, 0.6) is 0 Å². The highest BCUT2D eigenvalue weighted by atomic mass is 35.5. The molecule has 1 nitrogen and oxygen atoms in total. The van der Waals surface area contributed by atoms with Gasteiger partial charge in [-0.1, -0.05) is 6.58 Å². The Morgan fingerprint density at radius 2 is 1.92 bits per heavy atom. The lowest BCUT2D eigenvalue weighted by Gasteiger charge is -1.92. The smallest absolute Gasteiger partial charge is 0.252 e. The van der Waals surface area contributed by atoms with Crippen molar-refractivity contribution < 1.29 is 13.6 Å². The zero-order valence-corrected chi connectivity index (χ0v) is 7.16. The van der Waals surface area contributed by atoms with Crippen LogP contribution in [-0.4, -0.2) is 5.24 Å². The fourth-order valence-electron chi connectivity index (χ4n) is 0.538.